The number of ether oxygens (including phenoxy) is 2. The Bertz CT molecular complexity index is 936. The minimum Gasteiger partial charge on any atom is -0.486 e. The molecule has 0 fully saturated rings. The van der Waals surface area contributed by atoms with E-state index in [0.717, 1.165) is 11.1 Å². The van der Waals surface area contributed by atoms with Crippen LogP contribution in [0.5, 0.6) is 11.5 Å². The molecule has 25 heavy (non-hydrogen) atoms. The van der Waals surface area contributed by atoms with Crippen molar-refractivity contribution in [1.82, 2.24) is 20.2 Å². The topological polar surface area (TPSA) is 79.1 Å². The zero-order valence-electron chi connectivity index (χ0n) is 13.7. The quantitative estimate of drug-likeness (QED) is 0.680. The second kappa shape index (κ2) is 6.35. The Hall–Kier alpha value is -3.22. The van der Waals surface area contributed by atoms with Gasteiger partial charge in [0, 0.05) is 11.1 Å². The molecule has 0 atom stereocenters. The molecule has 4 rings (SSSR count). The number of carbonyl (C=O) groups excluding carboxylic acids is 1. The van der Waals surface area contributed by atoms with Gasteiger partial charge in [-0.25, -0.2) is 0 Å². The van der Waals surface area contributed by atoms with Gasteiger partial charge in [0.15, 0.2) is 17.3 Å². The monoisotopic (exact) mass is 336 g/mol. The van der Waals surface area contributed by atoms with Crippen LogP contribution in [-0.4, -0.2) is 39.2 Å². The van der Waals surface area contributed by atoms with E-state index in [1.807, 2.05) is 31.2 Å². The van der Waals surface area contributed by atoms with Crippen LogP contribution in [0.1, 0.15) is 15.9 Å². The van der Waals surface area contributed by atoms with Crippen molar-refractivity contribution in [3.05, 3.63) is 53.6 Å². The van der Waals surface area contributed by atoms with Gasteiger partial charge in [0.2, 0.25) is 5.82 Å². The van der Waals surface area contributed by atoms with E-state index in [2.05, 4.69) is 15.4 Å². The molecule has 3 aromatic rings. The number of fused-ring (bicyclic) bond motifs is 1. The molecule has 2 heterocycles. The van der Waals surface area contributed by atoms with Gasteiger partial charge in [-0.05, 0) is 35.9 Å². The third kappa shape index (κ3) is 3.08. The summed E-state index contributed by atoms with van der Waals surface area (Å²) in [6, 6.07) is 12.9. The first-order valence-electron chi connectivity index (χ1n) is 7.97. The highest BCUT2D eigenvalue weighted by atomic mass is 16.6. The maximum Gasteiger partial charge on any atom is 0.205 e. The van der Waals surface area contributed by atoms with Crippen molar-refractivity contribution in [2.45, 2.75) is 13.5 Å². The van der Waals surface area contributed by atoms with Crippen LogP contribution in [0.4, 0.5) is 0 Å². The van der Waals surface area contributed by atoms with Gasteiger partial charge in [-0.15, -0.1) is 10.2 Å². The van der Waals surface area contributed by atoms with Gasteiger partial charge >= 0.3 is 0 Å². The summed E-state index contributed by atoms with van der Waals surface area (Å²) in [5, 5.41) is 12.3. The highest BCUT2D eigenvalue weighted by Crippen LogP contribution is 2.30. The van der Waals surface area contributed by atoms with Gasteiger partial charge in [0.25, 0.3) is 0 Å². The van der Waals surface area contributed by atoms with Crippen LogP contribution in [0.15, 0.2) is 42.5 Å². The molecule has 0 amide bonds. The van der Waals surface area contributed by atoms with Gasteiger partial charge in [-0.3, -0.25) is 4.79 Å². The molecule has 0 aliphatic carbocycles. The fourth-order valence-electron chi connectivity index (χ4n) is 2.68. The van der Waals surface area contributed by atoms with E-state index in [1.54, 1.807) is 18.2 Å². The number of hydrogen-bond donors (Lipinski definition) is 0. The first kappa shape index (κ1) is 15.3. The highest BCUT2D eigenvalue weighted by molar-refractivity contribution is 5.96. The van der Waals surface area contributed by atoms with Crippen molar-refractivity contribution in [1.29, 1.82) is 0 Å². The number of Topliss-reactive ketones (excluding diaryl/α,β-unsaturated/α-hetero) is 1. The lowest BCUT2D eigenvalue weighted by atomic mass is 10.1. The Morgan fingerprint density at radius 2 is 1.92 bits per heavy atom. The van der Waals surface area contributed by atoms with Crippen molar-refractivity contribution < 1.29 is 14.3 Å². The SMILES string of the molecule is Cc1ccccc1-c1nnn(CC(=O)c2ccc3c(c2)OCCO3)n1. The molecule has 7 nitrogen and oxygen atoms in total. The van der Waals surface area contributed by atoms with E-state index in [1.165, 1.54) is 4.80 Å². The lowest BCUT2D eigenvalue weighted by Crippen LogP contribution is -2.17. The largest absolute Gasteiger partial charge is 0.486 e. The van der Waals surface area contributed by atoms with Crippen molar-refractivity contribution >= 4 is 5.78 Å². The summed E-state index contributed by atoms with van der Waals surface area (Å²) < 4.78 is 11.0. The van der Waals surface area contributed by atoms with Crippen LogP contribution >= 0.6 is 0 Å². The molecule has 0 unspecified atom stereocenters. The smallest absolute Gasteiger partial charge is 0.205 e. The van der Waals surface area contributed by atoms with Gasteiger partial charge in [-0.2, -0.15) is 4.80 Å². The fraction of sp³-hybridized carbons (Fsp3) is 0.222. The average molecular weight is 336 g/mol. The summed E-state index contributed by atoms with van der Waals surface area (Å²) in [5.74, 6) is 1.63. The van der Waals surface area contributed by atoms with Crippen LogP contribution in [0.25, 0.3) is 11.4 Å². The molecule has 0 saturated carbocycles. The van der Waals surface area contributed by atoms with Crippen LogP contribution in [-0.2, 0) is 6.54 Å². The summed E-state index contributed by atoms with van der Waals surface area (Å²) in [6.07, 6.45) is 0. The predicted molar refractivity (Wildman–Crippen MR) is 89.8 cm³/mol. The van der Waals surface area contributed by atoms with E-state index in [0.29, 0.717) is 36.1 Å². The van der Waals surface area contributed by atoms with Gasteiger partial charge in [-0.1, -0.05) is 24.3 Å². The lowest BCUT2D eigenvalue weighted by Gasteiger charge is -2.18. The summed E-state index contributed by atoms with van der Waals surface area (Å²) in [4.78, 5) is 13.8. The molecule has 1 aliphatic rings. The number of carbonyl (C=O) groups is 1. The molecule has 1 aliphatic heterocycles. The molecule has 1 aromatic heterocycles. The molecule has 0 spiro atoms. The second-order valence-electron chi connectivity index (χ2n) is 5.74. The van der Waals surface area contributed by atoms with Gasteiger partial charge in [0.05, 0.1) is 0 Å². The number of aromatic nitrogens is 4. The van der Waals surface area contributed by atoms with Crippen molar-refractivity contribution in [2.24, 2.45) is 0 Å². The second-order valence-corrected chi connectivity index (χ2v) is 5.74. The molecule has 0 saturated heterocycles. The Morgan fingerprint density at radius 1 is 1.12 bits per heavy atom. The summed E-state index contributed by atoms with van der Waals surface area (Å²) in [5.41, 5.74) is 2.49. The van der Waals surface area contributed by atoms with E-state index in [4.69, 9.17) is 9.47 Å². The highest BCUT2D eigenvalue weighted by Gasteiger charge is 2.16. The zero-order chi connectivity index (χ0) is 17.2. The lowest BCUT2D eigenvalue weighted by molar-refractivity contribution is 0.0960. The van der Waals surface area contributed by atoms with Crippen molar-refractivity contribution in [3.63, 3.8) is 0 Å². The van der Waals surface area contributed by atoms with E-state index in [9.17, 15) is 4.79 Å². The molecule has 0 N–H and O–H groups in total. The van der Waals surface area contributed by atoms with E-state index < -0.39 is 0 Å². The molecular weight excluding hydrogens is 320 g/mol. The Morgan fingerprint density at radius 3 is 2.76 bits per heavy atom. The fourth-order valence-corrected chi connectivity index (χ4v) is 2.68. The molecule has 0 radical (unpaired) electrons. The van der Waals surface area contributed by atoms with Crippen LogP contribution in [0.3, 0.4) is 0 Å². The number of aryl methyl sites for hydroxylation is 1. The van der Waals surface area contributed by atoms with Crippen LogP contribution in [0.2, 0.25) is 0 Å². The average Bonchev–Trinajstić information content (AvgIpc) is 3.10. The summed E-state index contributed by atoms with van der Waals surface area (Å²) >= 11 is 0. The first-order chi connectivity index (χ1) is 12.2. The Kier molecular flexibility index (Phi) is 3.89. The normalized spacial score (nSPS) is 12.8. The van der Waals surface area contributed by atoms with Crippen LogP contribution in [0, 0.1) is 6.92 Å². The van der Waals surface area contributed by atoms with Gasteiger partial charge < -0.3 is 9.47 Å². The molecular formula is C18H16N4O3. The maximum atomic E-state index is 12.5. The number of nitrogens with zero attached hydrogens (tertiary/aromatic N) is 4. The number of ketones is 1. The van der Waals surface area contributed by atoms with E-state index in [-0.39, 0.29) is 12.3 Å². The Balaban J connectivity index is 1.53. The predicted octanol–water partition coefficient (Wildman–Crippen LogP) is 2.30. The number of rotatable bonds is 4. The molecule has 126 valence electrons. The molecule has 7 heteroatoms. The summed E-state index contributed by atoms with van der Waals surface area (Å²) in [7, 11) is 0. The van der Waals surface area contributed by atoms with Crippen LogP contribution < -0.4 is 9.47 Å². The third-order valence-electron chi connectivity index (χ3n) is 3.99. The zero-order valence-corrected chi connectivity index (χ0v) is 13.7. The third-order valence-corrected chi connectivity index (χ3v) is 3.99. The van der Waals surface area contributed by atoms with E-state index >= 15 is 0 Å². The minimum atomic E-state index is -0.120. The number of benzene rings is 2. The standard InChI is InChI=1S/C18H16N4O3/c1-12-4-2-3-5-14(12)18-19-21-22(20-18)11-15(23)13-6-7-16-17(10-13)25-9-8-24-16/h2-7,10H,8-9,11H2,1H3. The van der Waals surface area contributed by atoms with Crippen molar-refractivity contribution in [3.8, 4) is 22.9 Å². The molecule has 2 aromatic carbocycles. The maximum absolute atomic E-state index is 12.5. The number of tetrazole rings is 1. The molecule has 0 bridgehead atoms. The van der Waals surface area contributed by atoms with Gasteiger partial charge in [0.1, 0.15) is 19.8 Å². The number of hydrogen-bond acceptors (Lipinski definition) is 6. The minimum absolute atomic E-state index is 0.0124. The first-order valence-corrected chi connectivity index (χ1v) is 7.97. The van der Waals surface area contributed by atoms with Crippen molar-refractivity contribution in [2.75, 3.05) is 13.2 Å². The summed E-state index contributed by atoms with van der Waals surface area (Å²) in [6.45, 7) is 2.99. The Labute approximate surface area is 144 Å².